The highest BCUT2D eigenvalue weighted by atomic mass is 127. The summed E-state index contributed by atoms with van der Waals surface area (Å²) in [6.07, 6.45) is 5.48. The number of carbonyl (C=O) groups excluding carboxylic acids is 1. The first-order valence-electron chi connectivity index (χ1n) is 7.43. The molecule has 2 fully saturated rings. The zero-order valence-electron chi connectivity index (χ0n) is 11.3. The normalized spacial score (nSPS) is 31.4. The van der Waals surface area contributed by atoms with Crippen LogP contribution in [0.4, 0.5) is 5.69 Å². The van der Waals surface area contributed by atoms with Crippen molar-refractivity contribution in [3.05, 3.63) is 21.8 Å². The molecule has 0 aromatic heterocycles. The number of amides is 1. The van der Waals surface area contributed by atoms with Gasteiger partial charge in [-0.25, -0.2) is 0 Å². The molecule has 3 aliphatic rings. The van der Waals surface area contributed by atoms with E-state index in [0.717, 1.165) is 33.4 Å². The van der Waals surface area contributed by atoms with Crippen molar-refractivity contribution in [2.45, 2.75) is 25.7 Å². The Labute approximate surface area is 132 Å². The predicted octanol–water partition coefficient (Wildman–Crippen LogP) is 3.45. The van der Waals surface area contributed by atoms with Crippen LogP contribution in [0.3, 0.4) is 0 Å². The molecular formula is C16H18INO2. The molecule has 2 saturated carbocycles. The number of ether oxygens (including phenoxy) is 1. The second kappa shape index (κ2) is 4.90. The standard InChI is InChI=1S/C16H18INO2/c17-13-3-4-14-15(7-13)20-9-16(19)18(14)8-12-6-10-1-2-11(12)5-10/h3-4,7,10-12H,1-2,5-6,8-9H2. The molecule has 1 aromatic rings. The summed E-state index contributed by atoms with van der Waals surface area (Å²) in [6.45, 7) is 1.07. The summed E-state index contributed by atoms with van der Waals surface area (Å²) < 4.78 is 6.73. The van der Waals surface area contributed by atoms with E-state index in [9.17, 15) is 4.79 Å². The Bertz CT molecular complexity index is 559. The zero-order chi connectivity index (χ0) is 13.7. The van der Waals surface area contributed by atoms with Gasteiger partial charge in [-0.05, 0) is 77.8 Å². The van der Waals surface area contributed by atoms with E-state index in [0.29, 0.717) is 5.92 Å². The van der Waals surface area contributed by atoms with Crippen LogP contribution in [-0.2, 0) is 4.79 Å². The van der Waals surface area contributed by atoms with Crippen LogP contribution in [0.25, 0.3) is 0 Å². The lowest BCUT2D eigenvalue weighted by Crippen LogP contribution is -2.42. The van der Waals surface area contributed by atoms with Crippen LogP contribution in [0.15, 0.2) is 18.2 Å². The third-order valence-electron chi connectivity index (χ3n) is 5.17. The number of benzene rings is 1. The molecule has 1 aromatic carbocycles. The summed E-state index contributed by atoms with van der Waals surface area (Å²) in [5.74, 6) is 3.45. The minimum absolute atomic E-state index is 0.112. The second-order valence-electron chi connectivity index (χ2n) is 6.34. The average Bonchev–Trinajstić information content (AvgIpc) is 3.04. The second-order valence-corrected chi connectivity index (χ2v) is 7.59. The molecule has 2 bridgehead atoms. The van der Waals surface area contributed by atoms with Gasteiger partial charge in [0.25, 0.3) is 5.91 Å². The van der Waals surface area contributed by atoms with Crippen molar-refractivity contribution in [2.75, 3.05) is 18.1 Å². The Morgan fingerprint density at radius 3 is 2.95 bits per heavy atom. The van der Waals surface area contributed by atoms with Gasteiger partial charge in [-0.3, -0.25) is 4.79 Å². The van der Waals surface area contributed by atoms with Gasteiger partial charge in [0.15, 0.2) is 6.61 Å². The van der Waals surface area contributed by atoms with Gasteiger partial charge >= 0.3 is 0 Å². The molecule has 1 aliphatic heterocycles. The fourth-order valence-corrected chi connectivity index (χ4v) is 4.68. The van der Waals surface area contributed by atoms with Crippen LogP contribution in [0.1, 0.15) is 25.7 Å². The Kier molecular flexibility index (Phi) is 3.16. The summed E-state index contributed by atoms with van der Waals surface area (Å²) in [5.41, 5.74) is 0.962. The molecule has 20 heavy (non-hydrogen) atoms. The van der Waals surface area contributed by atoms with Crippen LogP contribution in [0, 0.1) is 21.3 Å². The number of hydrogen-bond acceptors (Lipinski definition) is 2. The van der Waals surface area contributed by atoms with Gasteiger partial charge in [0.1, 0.15) is 5.75 Å². The maximum atomic E-state index is 12.2. The topological polar surface area (TPSA) is 29.5 Å². The number of rotatable bonds is 2. The number of halogens is 1. The molecule has 0 spiro atoms. The SMILES string of the molecule is O=C1COc2cc(I)ccc2N1CC1CC2CCC1C2. The highest BCUT2D eigenvalue weighted by Crippen LogP contribution is 2.49. The minimum Gasteiger partial charge on any atom is -0.482 e. The average molecular weight is 383 g/mol. The van der Waals surface area contributed by atoms with Gasteiger partial charge in [-0.15, -0.1) is 0 Å². The summed E-state index contributed by atoms with van der Waals surface area (Å²) in [7, 11) is 0. The first kappa shape index (κ1) is 12.9. The van der Waals surface area contributed by atoms with Crippen molar-refractivity contribution in [3.63, 3.8) is 0 Å². The minimum atomic E-state index is 0.112. The number of nitrogens with zero attached hydrogens (tertiary/aromatic N) is 1. The Morgan fingerprint density at radius 2 is 2.20 bits per heavy atom. The van der Waals surface area contributed by atoms with Gasteiger partial charge in [-0.1, -0.05) is 6.42 Å². The maximum absolute atomic E-state index is 12.2. The lowest BCUT2D eigenvalue weighted by atomic mass is 9.88. The van der Waals surface area contributed by atoms with E-state index in [1.54, 1.807) is 0 Å². The molecule has 3 atom stereocenters. The first-order valence-corrected chi connectivity index (χ1v) is 8.51. The van der Waals surface area contributed by atoms with E-state index >= 15 is 0 Å². The van der Waals surface area contributed by atoms with Crippen LogP contribution >= 0.6 is 22.6 Å². The van der Waals surface area contributed by atoms with Crippen molar-refractivity contribution >= 4 is 34.2 Å². The molecule has 2 aliphatic carbocycles. The summed E-state index contributed by atoms with van der Waals surface area (Å²) in [5, 5.41) is 0. The molecular weight excluding hydrogens is 365 g/mol. The maximum Gasteiger partial charge on any atom is 0.265 e. The van der Waals surface area contributed by atoms with Gasteiger partial charge in [0.05, 0.1) is 5.69 Å². The lowest BCUT2D eigenvalue weighted by Gasteiger charge is -2.33. The fourth-order valence-electron chi connectivity index (χ4n) is 4.21. The van der Waals surface area contributed by atoms with Crippen molar-refractivity contribution in [3.8, 4) is 5.75 Å². The largest absolute Gasteiger partial charge is 0.482 e. The number of anilines is 1. The summed E-state index contributed by atoms with van der Waals surface area (Å²) >= 11 is 2.28. The smallest absolute Gasteiger partial charge is 0.265 e. The van der Waals surface area contributed by atoms with Crippen LogP contribution < -0.4 is 9.64 Å². The number of carbonyl (C=O) groups is 1. The van der Waals surface area contributed by atoms with Crippen molar-refractivity contribution < 1.29 is 9.53 Å². The predicted molar refractivity (Wildman–Crippen MR) is 85.9 cm³/mol. The quantitative estimate of drug-likeness (QED) is 0.733. The molecule has 1 amide bonds. The zero-order valence-corrected chi connectivity index (χ0v) is 13.5. The van der Waals surface area contributed by atoms with E-state index in [1.807, 2.05) is 17.0 Å². The molecule has 4 rings (SSSR count). The van der Waals surface area contributed by atoms with Gasteiger partial charge < -0.3 is 9.64 Å². The van der Waals surface area contributed by atoms with E-state index < -0.39 is 0 Å². The van der Waals surface area contributed by atoms with Crippen LogP contribution in [0.5, 0.6) is 5.75 Å². The molecule has 0 N–H and O–H groups in total. The number of fused-ring (bicyclic) bond motifs is 3. The van der Waals surface area contributed by atoms with E-state index in [2.05, 4.69) is 28.7 Å². The highest BCUT2D eigenvalue weighted by molar-refractivity contribution is 14.1. The summed E-state index contributed by atoms with van der Waals surface area (Å²) in [6, 6.07) is 6.10. The van der Waals surface area contributed by atoms with Crippen molar-refractivity contribution in [2.24, 2.45) is 17.8 Å². The Hall–Kier alpha value is -0.780. The lowest BCUT2D eigenvalue weighted by molar-refractivity contribution is -0.121. The number of hydrogen-bond donors (Lipinski definition) is 0. The fraction of sp³-hybridized carbons (Fsp3) is 0.562. The van der Waals surface area contributed by atoms with E-state index in [-0.39, 0.29) is 12.5 Å². The van der Waals surface area contributed by atoms with Crippen molar-refractivity contribution in [1.82, 2.24) is 0 Å². The van der Waals surface area contributed by atoms with Gasteiger partial charge in [-0.2, -0.15) is 0 Å². The molecule has 3 nitrogen and oxygen atoms in total. The molecule has 1 heterocycles. The molecule has 0 radical (unpaired) electrons. The monoisotopic (exact) mass is 383 g/mol. The Balaban J connectivity index is 1.59. The first-order chi connectivity index (χ1) is 9.70. The molecule has 3 unspecified atom stereocenters. The van der Waals surface area contributed by atoms with E-state index in [4.69, 9.17) is 4.74 Å². The third kappa shape index (κ3) is 2.12. The Morgan fingerprint density at radius 1 is 1.30 bits per heavy atom. The van der Waals surface area contributed by atoms with E-state index in [1.165, 1.54) is 25.7 Å². The highest BCUT2D eigenvalue weighted by Gasteiger charge is 2.41. The van der Waals surface area contributed by atoms with Gasteiger partial charge in [0, 0.05) is 10.1 Å². The third-order valence-corrected chi connectivity index (χ3v) is 5.84. The molecule has 106 valence electrons. The molecule has 0 saturated heterocycles. The van der Waals surface area contributed by atoms with Crippen LogP contribution in [0.2, 0.25) is 0 Å². The summed E-state index contributed by atoms with van der Waals surface area (Å²) in [4.78, 5) is 14.2. The van der Waals surface area contributed by atoms with Crippen LogP contribution in [-0.4, -0.2) is 19.1 Å². The van der Waals surface area contributed by atoms with Crippen molar-refractivity contribution in [1.29, 1.82) is 0 Å². The molecule has 4 heteroatoms. The van der Waals surface area contributed by atoms with Gasteiger partial charge in [0.2, 0.25) is 0 Å².